The molecule has 0 aromatic carbocycles. The van der Waals surface area contributed by atoms with E-state index in [1.807, 2.05) is 24.3 Å². The van der Waals surface area contributed by atoms with Crippen LogP contribution in [0.3, 0.4) is 0 Å². The van der Waals surface area contributed by atoms with Crippen LogP contribution in [0.15, 0.2) is 47.3 Å². The van der Waals surface area contributed by atoms with Crippen molar-refractivity contribution in [3.05, 3.63) is 54.2 Å². The molecule has 2 aromatic heterocycles. The molecular formula is C18H23N3O2. The molecule has 3 heterocycles. The van der Waals surface area contributed by atoms with Gasteiger partial charge in [0.25, 0.3) is 0 Å². The topological polar surface area (TPSA) is 58.4 Å². The number of piperidine rings is 1. The Morgan fingerprint density at radius 1 is 1.35 bits per heavy atom. The third-order valence-corrected chi connectivity index (χ3v) is 4.30. The van der Waals surface area contributed by atoms with Crippen molar-refractivity contribution in [2.75, 3.05) is 19.6 Å². The molecule has 0 radical (unpaired) electrons. The predicted molar refractivity (Wildman–Crippen MR) is 87.7 cm³/mol. The summed E-state index contributed by atoms with van der Waals surface area (Å²) in [5.41, 5.74) is 1.20. The van der Waals surface area contributed by atoms with E-state index in [4.69, 9.17) is 4.42 Å². The molecule has 0 saturated carbocycles. The minimum atomic E-state index is 0.0798. The molecule has 1 unspecified atom stereocenters. The van der Waals surface area contributed by atoms with Crippen molar-refractivity contribution in [3.8, 4) is 0 Å². The maximum Gasteiger partial charge on any atom is 0.224 e. The van der Waals surface area contributed by atoms with E-state index in [1.165, 1.54) is 5.56 Å². The zero-order chi connectivity index (χ0) is 15.9. The Morgan fingerprint density at radius 2 is 2.22 bits per heavy atom. The van der Waals surface area contributed by atoms with Crippen LogP contribution >= 0.6 is 0 Å². The number of furan rings is 1. The van der Waals surface area contributed by atoms with Gasteiger partial charge in [-0.25, -0.2) is 0 Å². The number of aromatic nitrogens is 1. The number of rotatable bonds is 6. The number of carbonyl (C=O) groups excluding carboxylic acids is 1. The first-order valence-corrected chi connectivity index (χ1v) is 8.22. The van der Waals surface area contributed by atoms with Crippen LogP contribution in [0.2, 0.25) is 0 Å². The first kappa shape index (κ1) is 15.7. The second-order valence-electron chi connectivity index (χ2n) is 6.05. The Balaban J connectivity index is 1.43. The molecule has 1 saturated heterocycles. The SMILES string of the molecule is O=C(NCCc1ccncc1)C1CCCN(Cc2ccco2)C1. The maximum atomic E-state index is 12.4. The van der Waals surface area contributed by atoms with Crippen molar-refractivity contribution in [1.29, 1.82) is 0 Å². The molecule has 2 aromatic rings. The van der Waals surface area contributed by atoms with Gasteiger partial charge in [0, 0.05) is 25.5 Å². The first-order valence-electron chi connectivity index (χ1n) is 8.22. The fraction of sp³-hybridized carbons (Fsp3) is 0.444. The molecule has 3 rings (SSSR count). The summed E-state index contributed by atoms with van der Waals surface area (Å²) < 4.78 is 5.40. The fourth-order valence-electron chi connectivity index (χ4n) is 3.06. The lowest BCUT2D eigenvalue weighted by Gasteiger charge is -2.31. The Hall–Kier alpha value is -2.14. The molecule has 0 aliphatic carbocycles. The van der Waals surface area contributed by atoms with Crippen molar-refractivity contribution in [2.24, 2.45) is 5.92 Å². The number of hydrogen-bond donors (Lipinski definition) is 1. The first-order chi connectivity index (χ1) is 11.3. The van der Waals surface area contributed by atoms with Crippen LogP contribution in [-0.4, -0.2) is 35.4 Å². The summed E-state index contributed by atoms with van der Waals surface area (Å²) in [5, 5.41) is 3.07. The lowest BCUT2D eigenvalue weighted by molar-refractivity contribution is -0.126. The van der Waals surface area contributed by atoms with E-state index < -0.39 is 0 Å². The number of pyridine rings is 1. The van der Waals surface area contributed by atoms with Gasteiger partial charge in [0.1, 0.15) is 5.76 Å². The van der Waals surface area contributed by atoms with Crippen molar-refractivity contribution < 1.29 is 9.21 Å². The van der Waals surface area contributed by atoms with Gasteiger partial charge in [-0.3, -0.25) is 14.7 Å². The van der Waals surface area contributed by atoms with Crippen molar-refractivity contribution in [1.82, 2.24) is 15.2 Å². The molecule has 0 spiro atoms. The highest BCUT2D eigenvalue weighted by molar-refractivity contribution is 5.78. The summed E-state index contributed by atoms with van der Waals surface area (Å²) in [7, 11) is 0. The summed E-state index contributed by atoms with van der Waals surface area (Å²) >= 11 is 0. The number of nitrogens with zero attached hydrogens (tertiary/aromatic N) is 2. The third kappa shape index (κ3) is 4.66. The summed E-state index contributed by atoms with van der Waals surface area (Å²) in [5.74, 6) is 1.21. The van der Waals surface area contributed by atoms with Gasteiger partial charge < -0.3 is 9.73 Å². The van der Waals surface area contributed by atoms with E-state index >= 15 is 0 Å². The Morgan fingerprint density at radius 3 is 3.00 bits per heavy atom. The number of hydrogen-bond acceptors (Lipinski definition) is 4. The highest BCUT2D eigenvalue weighted by Gasteiger charge is 2.25. The van der Waals surface area contributed by atoms with Gasteiger partial charge in [-0.05, 0) is 55.6 Å². The van der Waals surface area contributed by atoms with E-state index in [0.29, 0.717) is 6.54 Å². The third-order valence-electron chi connectivity index (χ3n) is 4.30. The van der Waals surface area contributed by atoms with Crippen molar-refractivity contribution >= 4 is 5.91 Å². The quantitative estimate of drug-likeness (QED) is 0.888. The molecule has 1 atom stereocenters. The molecule has 1 N–H and O–H groups in total. The van der Waals surface area contributed by atoms with Crippen LogP contribution in [0.4, 0.5) is 0 Å². The minimum absolute atomic E-state index is 0.0798. The van der Waals surface area contributed by atoms with Gasteiger partial charge >= 0.3 is 0 Å². The second kappa shape index (κ2) is 7.92. The van der Waals surface area contributed by atoms with Gasteiger partial charge in [-0.15, -0.1) is 0 Å². The molecule has 5 heteroatoms. The van der Waals surface area contributed by atoms with Crippen LogP contribution in [0.25, 0.3) is 0 Å². The average molecular weight is 313 g/mol. The molecule has 1 aliphatic heterocycles. The Bertz CT molecular complexity index is 598. The summed E-state index contributed by atoms with van der Waals surface area (Å²) in [6.45, 7) is 3.30. The monoisotopic (exact) mass is 313 g/mol. The summed E-state index contributed by atoms with van der Waals surface area (Å²) in [4.78, 5) is 18.7. The highest BCUT2D eigenvalue weighted by Crippen LogP contribution is 2.19. The van der Waals surface area contributed by atoms with E-state index in [9.17, 15) is 4.79 Å². The van der Waals surface area contributed by atoms with Crippen LogP contribution in [0.1, 0.15) is 24.2 Å². The van der Waals surface area contributed by atoms with Crippen LogP contribution < -0.4 is 5.32 Å². The van der Waals surface area contributed by atoms with Gasteiger partial charge in [-0.1, -0.05) is 0 Å². The van der Waals surface area contributed by atoms with Crippen LogP contribution in [0.5, 0.6) is 0 Å². The number of carbonyl (C=O) groups is 1. The van der Waals surface area contributed by atoms with Crippen molar-refractivity contribution in [2.45, 2.75) is 25.8 Å². The zero-order valence-electron chi connectivity index (χ0n) is 13.3. The van der Waals surface area contributed by atoms with Crippen molar-refractivity contribution in [3.63, 3.8) is 0 Å². The molecule has 122 valence electrons. The van der Waals surface area contributed by atoms with Crippen LogP contribution in [0, 0.1) is 5.92 Å². The van der Waals surface area contributed by atoms with Gasteiger partial charge in [0.15, 0.2) is 0 Å². The van der Waals surface area contributed by atoms with Gasteiger partial charge in [0.05, 0.1) is 18.7 Å². The highest BCUT2D eigenvalue weighted by atomic mass is 16.3. The lowest BCUT2D eigenvalue weighted by Crippen LogP contribution is -2.43. The molecule has 1 fully saturated rings. The molecular weight excluding hydrogens is 290 g/mol. The fourth-order valence-corrected chi connectivity index (χ4v) is 3.06. The number of amides is 1. The van der Waals surface area contributed by atoms with Gasteiger partial charge in [0.2, 0.25) is 5.91 Å². The summed E-state index contributed by atoms with van der Waals surface area (Å²) in [6.07, 6.45) is 8.13. The van der Waals surface area contributed by atoms with E-state index in [1.54, 1.807) is 18.7 Å². The van der Waals surface area contributed by atoms with E-state index in [0.717, 1.165) is 44.7 Å². The average Bonchev–Trinajstić information content (AvgIpc) is 3.09. The Labute approximate surface area is 136 Å². The predicted octanol–water partition coefficient (Wildman–Crippen LogP) is 2.25. The smallest absolute Gasteiger partial charge is 0.224 e. The summed E-state index contributed by atoms with van der Waals surface area (Å²) in [6, 6.07) is 7.86. The van der Waals surface area contributed by atoms with E-state index in [2.05, 4.69) is 15.2 Å². The number of likely N-dealkylation sites (tertiary alicyclic amines) is 1. The number of nitrogens with one attached hydrogen (secondary N) is 1. The molecule has 0 bridgehead atoms. The van der Waals surface area contributed by atoms with Gasteiger partial charge in [-0.2, -0.15) is 0 Å². The maximum absolute atomic E-state index is 12.4. The standard InChI is InChI=1S/C18H23N3O2/c22-18(20-10-7-15-5-8-19-9-6-15)16-3-1-11-21(13-16)14-17-4-2-12-23-17/h2,4-6,8-9,12,16H,1,3,7,10-11,13-14H2,(H,20,22). The van der Waals surface area contributed by atoms with Crippen LogP contribution in [-0.2, 0) is 17.8 Å². The molecule has 23 heavy (non-hydrogen) atoms. The minimum Gasteiger partial charge on any atom is -0.468 e. The largest absolute Gasteiger partial charge is 0.468 e. The zero-order valence-corrected chi connectivity index (χ0v) is 13.3. The Kier molecular flexibility index (Phi) is 5.42. The molecule has 5 nitrogen and oxygen atoms in total. The second-order valence-corrected chi connectivity index (χ2v) is 6.05. The normalized spacial score (nSPS) is 18.7. The lowest BCUT2D eigenvalue weighted by atomic mass is 9.97. The van der Waals surface area contributed by atoms with E-state index in [-0.39, 0.29) is 11.8 Å². The molecule has 1 aliphatic rings. The molecule has 1 amide bonds.